The Labute approximate surface area is 102 Å². The van der Waals surface area contributed by atoms with E-state index in [0.717, 1.165) is 23.7 Å². The first kappa shape index (κ1) is 12.0. The summed E-state index contributed by atoms with van der Waals surface area (Å²) in [6, 6.07) is 3.36. The van der Waals surface area contributed by atoms with Crippen LogP contribution >= 0.6 is 0 Å². The summed E-state index contributed by atoms with van der Waals surface area (Å²) in [6.45, 7) is 2.12. The summed E-state index contributed by atoms with van der Waals surface area (Å²) in [5.74, 6) is 0.225. The average molecular weight is 250 g/mol. The lowest BCUT2D eigenvalue weighted by Gasteiger charge is -2.05. The van der Waals surface area contributed by atoms with E-state index in [4.69, 9.17) is 0 Å². The maximum Gasteiger partial charge on any atom is 0.271 e. The third kappa shape index (κ3) is 2.62. The molecule has 94 valence electrons. The molecule has 0 unspecified atom stereocenters. The van der Waals surface area contributed by atoms with E-state index >= 15 is 0 Å². The number of nitrogens with zero attached hydrogens (tertiary/aromatic N) is 2. The Balaban J connectivity index is 2.13. The molecule has 0 spiro atoms. The van der Waals surface area contributed by atoms with Crippen LogP contribution in [-0.4, -0.2) is 14.9 Å². The maximum atomic E-state index is 13.4. The second kappa shape index (κ2) is 4.82. The molecule has 0 bridgehead atoms. The lowest BCUT2D eigenvalue weighted by atomic mass is 10.2. The molecule has 0 saturated carbocycles. The van der Waals surface area contributed by atoms with Crippen LogP contribution in [0.25, 0.3) is 0 Å². The van der Waals surface area contributed by atoms with Gasteiger partial charge in [0, 0.05) is 12.1 Å². The number of non-ortho nitro benzene ring substituents is 1. The van der Waals surface area contributed by atoms with Crippen LogP contribution in [0.2, 0.25) is 0 Å². The number of rotatable bonds is 4. The number of nitro benzene ring substituents is 1. The zero-order valence-electron chi connectivity index (χ0n) is 9.61. The second-order valence-corrected chi connectivity index (χ2v) is 3.77. The highest BCUT2D eigenvalue weighted by Crippen LogP contribution is 2.21. The minimum Gasteiger partial charge on any atom is -0.377 e. The van der Waals surface area contributed by atoms with E-state index in [0.29, 0.717) is 6.54 Å². The summed E-state index contributed by atoms with van der Waals surface area (Å²) in [5, 5.41) is 13.4. The van der Waals surface area contributed by atoms with Gasteiger partial charge in [-0.3, -0.25) is 10.1 Å². The fourth-order valence-electron chi connectivity index (χ4n) is 1.51. The highest BCUT2D eigenvalue weighted by molar-refractivity contribution is 5.52. The number of aromatic amines is 1. The fourth-order valence-corrected chi connectivity index (χ4v) is 1.51. The molecule has 0 fully saturated rings. The summed E-state index contributed by atoms with van der Waals surface area (Å²) in [5.41, 5.74) is 0.717. The minimum absolute atomic E-state index is 0.0939. The number of halogens is 1. The zero-order valence-corrected chi connectivity index (χ0v) is 9.61. The Kier molecular flexibility index (Phi) is 3.22. The lowest BCUT2D eigenvalue weighted by Crippen LogP contribution is -2.02. The molecule has 1 aromatic heterocycles. The molecule has 2 aromatic rings. The number of anilines is 1. The number of nitrogens with one attached hydrogen (secondary N) is 2. The zero-order chi connectivity index (χ0) is 13.1. The first-order valence-corrected chi connectivity index (χ1v) is 5.24. The third-order valence-electron chi connectivity index (χ3n) is 2.39. The van der Waals surface area contributed by atoms with E-state index in [9.17, 15) is 14.5 Å². The normalized spacial score (nSPS) is 10.3. The van der Waals surface area contributed by atoms with Crippen LogP contribution in [0.3, 0.4) is 0 Å². The molecule has 0 aliphatic carbocycles. The van der Waals surface area contributed by atoms with Crippen LogP contribution in [0.5, 0.6) is 0 Å². The van der Waals surface area contributed by atoms with E-state index in [1.807, 2.05) is 0 Å². The van der Waals surface area contributed by atoms with Gasteiger partial charge in [-0.25, -0.2) is 9.37 Å². The van der Waals surface area contributed by atoms with Crippen molar-refractivity contribution < 1.29 is 9.31 Å². The number of hydrogen-bond acceptors (Lipinski definition) is 4. The number of hydrogen-bond donors (Lipinski definition) is 2. The van der Waals surface area contributed by atoms with Crippen molar-refractivity contribution in [1.29, 1.82) is 0 Å². The monoisotopic (exact) mass is 250 g/mol. The van der Waals surface area contributed by atoms with Gasteiger partial charge in [-0.15, -0.1) is 0 Å². The number of nitro groups is 1. The van der Waals surface area contributed by atoms with E-state index < -0.39 is 10.7 Å². The summed E-state index contributed by atoms with van der Waals surface area (Å²) >= 11 is 0. The Morgan fingerprint density at radius 1 is 1.56 bits per heavy atom. The predicted octanol–water partition coefficient (Wildman–Crippen LogP) is 2.38. The SMILES string of the molecule is Cc1ncc(CNc2cc([N+](=O)[O-])ccc2F)[nH]1. The summed E-state index contributed by atoms with van der Waals surface area (Å²) < 4.78 is 13.4. The molecule has 6 nitrogen and oxygen atoms in total. The van der Waals surface area contributed by atoms with Crippen LogP contribution in [0.1, 0.15) is 11.5 Å². The summed E-state index contributed by atoms with van der Waals surface area (Å²) in [6.07, 6.45) is 1.62. The molecule has 0 aliphatic rings. The van der Waals surface area contributed by atoms with Crippen molar-refractivity contribution in [1.82, 2.24) is 9.97 Å². The van der Waals surface area contributed by atoms with Gasteiger partial charge in [-0.05, 0) is 13.0 Å². The molecule has 7 heteroatoms. The van der Waals surface area contributed by atoms with Gasteiger partial charge in [-0.2, -0.15) is 0 Å². The average Bonchev–Trinajstić information content (AvgIpc) is 2.74. The van der Waals surface area contributed by atoms with Gasteiger partial charge >= 0.3 is 0 Å². The first-order chi connectivity index (χ1) is 8.56. The Bertz CT molecular complexity index is 582. The molecule has 1 aromatic carbocycles. The van der Waals surface area contributed by atoms with E-state index in [1.54, 1.807) is 13.1 Å². The molecular formula is C11H11FN4O2. The van der Waals surface area contributed by atoms with Gasteiger partial charge in [0.25, 0.3) is 5.69 Å². The van der Waals surface area contributed by atoms with Gasteiger partial charge < -0.3 is 10.3 Å². The van der Waals surface area contributed by atoms with Crippen molar-refractivity contribution >= 4 is 11.4 Å². The first-order valence-electron chi connectivity index (χ1n) is 5.24. The fraction of sp³-hybridized carbons (Fsp3) is 0.182. The van der Waals surface area contributed by atoms with Gasteiger partial charge in [0.2, 0.25) is 0 Å². The maximum absolute atomic E-state index is 13.4. The largest absolute Gasteiger partial charge is 0.377 e. The molecule has 0 amide bonds. The Morgan fingerprint density at radius 2 is 2.33 bits per heavy atom. The minimum atomic E-state index is -0.565. The molecular weight excluding hydrogens is 239 g/mol. The van der Waals surface area contributed by atoms with Crippen LogP contribution in [-0.2, 0) is 6.54 Å². The predicted molar refractivity (Wildman–Crippen MR) is 63.7 cm³/mol. The standard InChI is InChI=1S/C11H11FN4O2/c1-7-13-5-8(15-7)6-14-11-4-9(16(17)18)2-3-10(11)12/h2-5,14H,6H2,1H3,(H,13,15). The summed E-state index contributed by atoms with van der Waals surface area (Å²) in [7, 11) is 0. The molecule has 0 atom stereocenters. The molecule has 0 aliphatic heterocycles. The highest BCUT2D eigenvalue weighted by atomic mass is 19.1. The number of benzene rings is 1. The van der Waals surface area contributed by atoms with Crippen LogP contribution in [0, 0.1) is 22.9 Å². The molecule has 0 saturated heterocycles. The van der Waals surface area contributed by atoms with Gasteiger partial charge in [0.1, 0.15) is 11.6 Å². The van der Waals surface area contributed by atoms with Gasteiger partial charge in [0.15, 0.2) is 0 Å². The van der Waals surface area contributed by atoms with E-state index in [2.05, 4.69) is 15.3 Å². The van der Waals surface area contributed by atoms with Gasteiger partial charge in [0.05, 0.1) is 29.0 Å². The lowest BCUT2D eigenvalue weighted by molar-refractivity contribution is -0.384. The van der Waals surface area contributed by atoms with E-state index in [-0.39, 0.29) is 11.4 Å². The van der Waals surface area contributed by atoms with E-state index in [1.165, 1.54) is 6.07 Å². The second-order valence-electron chi connectivity index (χ2n) is 3.77. The topological polar surface area (TPSA) is 83.8 Å². The smallest absolute Gasteiger partial charge is 0.271 e. The highest BCUT2D eigenvalue weighted by Gasteiger charge is 2.10. The molecule has 2 rings (SSSR count). The van der Waals surface area contributed by atoms with Crippen molar-refractivity contribution in [3.05, 3.63) is 51.8 Å². The molecule has 0 radical (unpaired) electrons. The molecule has 2 N–H and O–H groups in total. The van der Waals surface area contributed by atoms with Crippen molar-refractivity contribution in [2.24, 2.45) is 0 Å². The van der Waals surface area contributed by atoms with Crippen LogP contribution in [0.4, 0.5) is 15.8 Å². The number of aromatic nitrogens is 2. The number of imidazole rings is 1. The Hall–Kier alpha value is -2.44. The van der Waals surface area contributed by atoms with Crippen molar-refractivity contribution in [2.45, 2.75) is 13.5 Å². The van der Waals surface area contributed by atoms with Crippen molar-refractivity contribution in [2.75, 3.05) is 5.32 Å². The van der Waals surface area contributed by atoms with Crippen LogP contribution < -0.4 is 5.32 Å². The van der Waals surface area contributed by atoms with Gasteiger partial charge in [-0.1, -0.05) is 0 Å². The molecule has 1 heterocycles. The molecule has 18 heavy (non-hydrogen) atoms. The third-order valence-corrected chi connectivity index (χ3v) is 2.39. The quantitative estimate of drug-likeness (QED) is 0.644. The Morgan fingerprint density at radius 3 is 2.94 bits per heavy atom. The number of aryl methyl sites for hydroxylation is 1. The van der Waals surface area contributed by atoms with Crippen LogP contribution in [0.15, 0.2) is 24.4 Å². The van der Waals surface area contributed by atoms with Crippen molar-refractivity contribution in [3.8, 4) is 0 Å². The number of H-pyrrole nitrogens is 1. The van der Waals surface area contributed by atoms with Crippen molar-refractivity contribution in [3.63, 3.8) is 0 Å². The summed E-state index contributed by atoms with van der Waals surface area (Å²) in [4.78, 5) is 17.0.